The summed E-state index contributed by atoms with van der Waals surface area (Å²) in [5.74, 6) is 0. The molecule has 2 rings (SSSR count). The predicted molar refractivity (Wildman–Crippen MR) is 75.0 cm³/mol. The molecule has 0 saturated heterocycles. The Hall–Kier alpha value is -1.35. The van der Waals surface area contributed by atoms with Gasteiger partial charge in [-0.25, -0.2) is 4.98 Å². The first kappa shape index (κ1) is 12.1. The number of rotatable bonds is 4. The van der Waals surface area contributed by atoms with Crippen molar-refractivity contribution in [2.24, 2.45) is 0 Å². The number of nitrogens with one attached hydrogen (secondary N) is 1. The van der Waals surface area contributed by atoms with E-state index in [1.807, 2.05) is 6.92 Å². The fraction of sp³-hybridized carbons (Fsp3) is 0.357. The van der Waals surface area contributed by atoms with Gasteiger partial charge in [0.1, 0.15) is 0 Å². The molecule has 2 aromatic rings. The van der Waals surface area contributed by atoms with E-state index in [0.29, 0.717) is 0 Å². The van der Waals surface area contributed by atoms with Crippen LogP contribution in [0.15, 0.2) is 23.6 Å². The van der Waals surface area contributed by atoms with Crippen LogP contribution < -0.4 is 5.32 Å². The number of hydrogen-bond acceptors (Lipinski definition) is 3. The number of nitrogens with zero attached hydrogens (tertiary/aromatic N) is 1. The third-order valence-corrected chi connectivity index (χ3v) is 3.95. The molecule has 0 aliphatic heterocycles. The van der Waals surface area contributed by atoms with E-state index < -0.39 is 0 Å². The molecule has 0 spiro atoms. The van der Waals surface area contributed by atoms with Gasteiger partial charge >= 0.3 is 0 Å². The zero-order valence-electron chi connectivity index (χ0n) is 10.6. The van der Waals surface area contributed by atoms with Gasteiger partial charge in [0.2, 0.25) is 0 Å². The van der Waals surface area contributed by atoms with E-state index in [9.17, 15) is 0 Å². The van der Waals surface area contributed by atoms with Crippen LogP contribution in [0.25, 0.3) is 0 Å². The van der Waals surface area contributed by atoms with E-state index in [0.717, 1.165) is 18.7 Å². The van der Waals surface area contributed by atoms with Gasteiger partial charge in [-0.1, -0.05) is 12.1 Å². The van der Waals surface area contributed by atoms with Crippen LogP contribution in [-0.4, -0.2) is 11.5 Å². The molecule has 0 bridgehead atoms. The molecule has 3 heteroatoms. The van der Waals surface area contributed by atoms with Crippen LogP contribution >= 0.6 is 11.3 Å². The average Bonchev–Trinajstić information content (AvgIpc) is 2.70. The third-order valence-electron chi connectivity index (χ3n) is 2.93. The molecule has 1 heterocycles. The van der Waals surface area contributed by atoms with Gasteiger partial charge < -0.3 is 5.32 Å². The number of aryl methyl sites for hydroxylation is 2. The highest BCUT2D eigenvalue weighted by Gasteiger charge is 2.01. The Kier molecular flexibility index (Phi) is 3.79. The third kappa shape index (κ3) is 3.07. The topological polar surface area (TPSA) is 24.9 Å². The van der Waals surface area contributed by atoms with Gasteiger partial charge in [0.25, 0.3) is 0 Å². The van der Waals surface area contributed by atoms with Crippen LogP contribution in [0, 0.1) is 20.8 Å². The number of hydrogen-bond donors (Lipinski definition) is 1. The van der Waals surface area contributed by atoms with Gasteiger partial charge in [-0.15, -0.1) is 11.3 Å². The second kappa shape index (κ2) is 5.32. The lowest BCUT2D eigenvalue weighted by Gasteiger charge is -2.10. The Labute approximate surface area is 107 Å². The minimum absolute atomic E-state index is 0.942. The van der Waals surface area contributed by atoms with Crippen molar-refractivity contribution in [3.63, 3.8) is 0 Å². The van der Waals surface area contributed by atoms with Crippen LogP contribution in [0.2, 0.25) is 0 Å². The van der Waals surface area contributed by atoms with Gasteiger partial charge in [-0.2, -0.15) is 0 Å². The molecular weight excluding hydrogens is 228 g/mol. The van der Waals surface area contributed by atoms with Crippen LogP contribution in [0.1, 0.15) is 21.8 Å². The monoisotopic (exact) mass is 246 g/mol. The quantitative estimate of drug-likeness (QED) is 0.889. The average molecular weight is 246 g/mol. The van der Waals surface area contributed by atoms with E-state index in [1.54, 1.807) is 11.3 Å². The van der Waals surface area contributed by atoms with Crippen LogP contribution in [0.4, 0.5) is 5.69 Å². The van der Waals surface area contributed by atoms with Crippen molar-refractivity contribution < 1.29 is 0 Å². The molecule has 0 fully saturated rings. The van der Waals surface area contributed by atoms with Crippen molar-refractivity contribution in [1.82, 2.24) is 4.98 Å². The Bertz CT molecular complexity index is 503. The van der Waals surface area contributed by atoms with Crippen LogP contribution in [0.5, 0.6) is 0 Å². The molecule has 0 unspecified atom stereocenters. The summed E-state index contributed by atoms with van der Waals surface area (Å²) < 4.78 is 0. The summed E-state index contributed by atoms with van der Waals surface area (Å²) in [6.45, 7) is 7.28. The molecule has 0 saturated carbocycles. The van der Waals surface area contributed by atoms with E-state index in [4.69, 9.17) is 0 Å². The smallest absolute Gasteiger partial charge is 0.0945 e. The highest BCUT2D eigenvalue weighted by Crippen LogP contribution is 2.18. The van der Waals surface area contributed by atoms with Crippen molar-refractivity contribution in [2.45, 2.75) is 27.2 Å². The first-order chi connectivity index (χ1) is 8.16. The normalized spacial score (nSPS) is 10.5. The Morgan fingerprint density at radius 2 is 2.06 bits per heavy atom. The van der Waals surface area contributed by atoms with Gasteiger partial charge in [-0.05, 0) is 38.0 Å². The molecule has 0 aliphatic carbocycles. The molecular formula is C14H18N2S. The van der Waals surface area contributed by atoms with Crippen molar-refractivity contribution in [1.29, 1.82) is 0 Å². The maximum atomic E-state index is 4.46. The standard InChI is InChI=1S/C14H18N2S/c1-10-5-4-6-13(12(10)3)15-8-7-14-16-11(2)9-17-14/h4-6,9,15H,7-8H2,1-3H3. The molecule has 17 heavy (non-hydrogen) atoms. The van der Waals surface area contributed by atoms with Gasteiger partial charge in [-0.3, -0.25) is 0 Å². The van der Waals surface area contributed by atoms with Gasteiger partial charge in [0, 0.05) is 29.7 Å². The number of benzene rings is 1. The zero-order chi connectivity index (χ0) is 12.3. The summed E-state index contributed by atoms with van der Waals surface area (Å²) in [6, 6.07) is 6.37. The van der Waals surface area contributed by atoms with E-state index in [2.05, 4.69) is 47.7 Å². The SMILES string of the molecule is Cc1csc(CCNc2cccc(C)c2C)n1. The fourth-order valence-corrected chi connectivity index (χ4v) is 2.54. The van der Waals surface area contributed by atoms with Gasteiger partial charge in [0.15, 0.2) is 0 Å². The highest BCUT2D eigenvalue weighted by atomic mass is 32.1. The number of aromatic nitrogens is 1. The van der Waals surface area contributed by atoms with Gasteiger partial charge in [0.05, 0.1) is 5.01 Å². The predicted octanol–water partition coefficient (Wildman–Crippen LogP) is 3.72. The molecule has 90 valence electrons. The van der Waals surface area contributed by atoms with E-state index >= 15 is 0 Å². The van der Waals surface area contributed by atoms with E-state index in [1.165, 1.54) is 21.8 Å². The first-order valence-electron chi connectivity index (χ1n) is 5.88. The summed E-state index contributed by atoms with van der Waals surface area (Å²) >= 11 is 1.74. The highest BCUT2D eigenvalue weighted by molar-refractivity contribution is 7.09. The summed E-state index contributed by atoms with van der Waals surface area (Å²) in [6.07, 6.45) is 0.992. The number of anilines is 1. The maximum absolute atomic E-state index is 4.46. The van der Waals surface area contributed by atoms with Crippen molar-refractivity contribution >= 4 is 17.0 Å². The van der Waals surface area contributed by atoms with Crippen molar-refractivity contribution in [3.8, 4) is 0 Å². The molecule has 0 atom stereocenters. The summed E-state index contributed by atoms with van der Waals surface area (Å²) in [5.41, 5.74) is 5.03. The summed E-state index contributed by atoms with van der Waals surface area (Å²) in [4.78, 5) is 4.46. The molecule has 0 radical (unpaired) electrons. The van der Waals surface area contributed by atoms with E-state index in [-0.39, 0.29) is 0 Å². The lowest BCUT2D eigenvalue weighted by atomic mass is 10.1. The second-order valence-electron chi connectivity index (χ2n) is 4.31. The largest absolute Gasteiger partial charge is 0.384 e. The van der Waals surface area contributed by atoms with Crippen molar-refractivity contribution in [2.75, 3.05) is 11.9 Å². The summed E-state index contributed by atoms with van der Waals surface area (Å²) in [5, 5.41) is 6.79. The maximum Gasteiger partial charge on any atom is 0.0945 e. The molecule has 0 aliphatic rings. The Morgan fingerprint density at radius 1 is 1.24 bits per heavy atom. The minimum atomic E-state index is 0.942. The zero-order valence-corrected chi connectivity index (χ0v) is 11.4. The molecule has 0 amide bonds. The molecule has 1 aromatic carbocycles. The van der Waals surface area contributed by atoms with Crippen molar-refractivity contribution in [3.05, 3.63) is 45.4 Å². The van der Waals surface area contributed by atoms with Crippen LogP contribution in [-0.2, 0) is 6.42 Å². The lowest BCUT2D eigenvalue weighted by molar-refractivity contribution is 0.984. The lowest BCUT2D eigenvalue weighted by Crippen LogP contribution is -2.06. The Morgan fingerprint density at radius 3 is 2.76 bits per heavy atom. The molecule has 1 N–H and O–H groups in total. The minimum Gasteiger partial charge on any atom is -0.384 e. The second-order valence-corrected chi connectivity index (χ2v) is 5.25. The molecule has 2 nitrogen and oxygen atoms in total. The molecule has 1 aromatic heterocycles. The summed E-state index contributed by atoms with van der Waals surface area (Å²) in [7, 11) is 0. The fourth-order valence-electron chi connectivity index (χ4n) is 1.76. The Balaban J connectivity index is 1.92. The van der Waals surface area contributed by atoms with Crippen LogP contribution in [0.3, 0.4) is 0 Å². The number of thiazole rings is 1. The first-order valence-corrected chi connectivity index (χ1v) is 6.76.